The largest absolute Gasteiger partial charge is 0.513 e. The molecule has 1 aliphatic carbocycles. The molecule has 1 fully saturated rings. The van der Waals surface area contributed by atoms with Crippen LogP contribution in [0.5, 0.6) is 0 Å². The van der Waals surface area contributed by atoms with Crippen molar-refractivity contribution in [2.45, 2.75) is 58.7 Å². The van der Waals surface area contributed by atoms with Crippen molar-refractivity contribution in [3.63, 3.8) is 0 Å². The fourth-order valence-electron chi connectivity index (χ4n) is 3.67. The number of oxazole rings is 1. The number of ether oxygens (including phenoxy) is 2. The van der Waals surface area contributed by atoms with E-state index in [-0.39, 0.29) is 11.9 Å². The lowest BCUT2D eigenvalue weighted by atomic mass is 9.88. The molecule has 3 rings (SSSR count). The second-order valence-corrected chi connectivity index (χ2v) is 7.75. The summed E-state index contributed by atoms with van der Waals surface area (Å²) in [5, 5.41) is 9.16. The molecule has 0 spiro atoms. The number of hydrogen-bond donors (Lipinski definition) is 1. The summed E-state index contributed by atoms with van der Waals surface area (Å²) in [4.78, 5) is 4.63. The van der Waals surface area contributed by atoms with Crippen molar-refractivity contribution in [2.75, 3.05) is 13.2 Å². The van der Waals surface area contributed by atoms with E-state index in [1.807, 2.05) is 19.1 Å². The fraction of sp³-hybridized carbons (Fsp3) is 0.522. The van der Waals surface area contributed by atoms with E-state index in [0.29, 0.717) is 38.1 Å². The maximum Gasteiger partial charge on any atom is 0.226 e. The molecule has 1 aromatic heterocycles. The number of rotatable bonds is 9. The van der Waals surface area contributed by atoms with Crippen molar-refractivity contribution in [3.05, 3.63) is 53.6 Å². The Hall–Kier alpha value is -2.11. The molecule has 0 amide bonds. The van der Waals surface area contributed by atoms with Crippen LogP contribution in [0.1, 0.15) is 49.1 Å². The monoisotopic (exact) mass is 385 g/mol. The molecule has 0 radical (unpaired) electrons. The molecule has 1 aliphatic rings. The Morgan fingerprint density at radius 1 is 1.32 bits per heavy atom. The van der Waals surface area contributed by atoms with Crippen molar-refractivity contribution in [3.8, 4) is 11.5 Å². The van der Waals surface area contributed by atoms with Crippen LogP contribution in [0.4, 0.5) is 0 Å². The summed E-state index contributed by atoms with van der Waals surface area (Å²) >= 11 is 0. The third kappa shape index (κ3) is 5.94. The zero-order valence-corrected chi connectivity index (χ0v) is 16.9. The minimum atomic E-state index is 0.184. The molecule has 2 atom stereocenters. The van der Waals surface area contributed by atoms with Gasteiger partial charge in [0, 0.05) is 12.0 Å². The molecule has 2 aromatic rings. The van der Waals surface area contributed by atoms with E-state index in [4.69, 9.17) is 19.0 Å². The minimum Gasteiger partial charge on any atom is -0.513 e. The number of nitrogens with zero attached hydrogens (tertiary/aromatic N) is 1. The van der Waals surface area contributed by atoms with Gasteiger partial charge in [0.25, 0.3) is 0 Å². The highest BCUT2D eigenvalue weighted by molar-refractivity contribution is 5.54. The number of aryl methyl sites for hydroxylation is 2. The van der Waals surface area contributed by atoms with Crippen molar-refractivity contribution in [1.29, 1.82) is 0 Å². The average molecular weight is 386 g/mol. The van der Waals surface area contributed by atoms with Gasteiger partial charge in [0.15, 0.2) is 0 Å². The first-order valence-corrected chi connectivity index (χ1v) is 10.1. The molecule has 0 aliphatic heterocycles. The van der Waals surface area contributed by atoms with E-state index in [9.17, 15) is 0 Å². The van der Waals surface area contributed by atoms with Crippen LogP contribution < -0.4 is 0 Å². The lowest BCUT2D eigenvalue weighted by molar-refractivity contribution is -0.0107. The summed E-state index contributed by atoms with van der Waals surface area (Å²) in [5.74, 6) is 2.14. The molecule has 0 saturated heterocycles. The van der Waals surface area contributed by atoms with E-state index < -0.39 is 0 Å². The molecular weight excluding hydrogens is 354 g/mol. The molecule has 28 heavy (non-hydrogen) atoms. The molecule has 0 bridgehead atoms. The molecule has 5 heteroatoms. The number of benzene rings is 1. The van der Waals surface area contributed by atoms with Gasteiger partial charge in [-0.25, -0.2) is 4.98 Å². The topological polar surface area (TPSA) is 64.7 Å². The predicted molar refractivity (Wildman–Crippen MR) is 109 cm³/mol. The molecule has 5 nitrogen and oxygen atoms in total. The van der Waals surface area contributed by atoms with Gasteiger partial charge >= 0.3 is 0 Å². The van der Waals surface area contributed by atoms with E-state index in [1.165, 1.54) is 12.0 Å². The fourth-order valence-corrected chi connectivity index (χ4v) is 3.67. The predicted octanol–water partition coefficient (Wildman–Crippen LogP) is 5.51. The van der Waals surface area contributed by atoms with Gasteiger partial charge in [0.05, 0.1) is 31.7 Å². The Balaban J connectivity index is 1.46. The second kappa shape index (κ2) is 9.89. The third-order valence-electron chi connectivity index (χ3n) is 5.23. The number of aromatic nitrogens is 1. The van der Waals surface area contributed by atoms with Gasteiger partial charge in [0.2, 0.25) is 5.89 Å². The second-order valence-electron chi connectivity index (χ2n) is 7.75. The summed E-state index contributed by atoms with van der Waals surface area (Å²) in [6.07, 6.45) is 5.16. The van der Waals surface area contributed by atoms with E-state index in [1.54, 1.807) is 0 Å². The van der Waals surface area contributed by atoms with Crippen molar-refractivity contribution in [2.24, 2.45) is 5.92 Å². The average Bonchev–Trinajstić information content (AvgIpc) is 3.03. The van der Waals surface area contributed by atoms with Crippen LogP contribution >= 0.6 is 0 Å². The van der Waals surface area contributed by atoms with Gasteiger partial charge < -0.3 is 19.0 Å². The van der Waals surface area contributed by atoms with E-state index >= 15 is 0 Å². The summed E-state index contributed by atoms with van der Waals surface area (Å²) in [7, 11) is 0. The van der Waals surface area contributed by atoms with E-state index in [0.717, 1.165) is 36.3 Å². The van der Waals surface area contributed by atoms with Gasteiger partial charge in [0.1, 0.15) is 11.5 Å². The van der Waals surface area contributed by atoms with Gasteiger partial charge in [-0.05, 0) is 51.2 Å². The smallest absolute Gasteiger partial charge is 0.226 e. The SMILES string of the molecule is C=C(O)CCOC1CCC[C@H](COCc2nc(-c3cccc(C)c3)oc2C)C1. The number of aliphatic hydroxyl groups is 1. The highest BCUT2D eigenvalue weighted by atomic mass is 16.5. The summed E-state index contributed by atoms with van der Waals surface area (Å²) in [5.41, 5.74) is 3.04. The van der Waals surface area contributed by atoms with Gasteiger partial charge in [-0.1, -0.05) is 30.7 Å². The maximum atomic E-state index is 9.16. The van der Waals surface area contributed by atoms with Crippen LogP contribution in [-0.4, -0.2) is 29.4 Å². The number of hydrogen-bond acceptors (Lipinski definition) is 5. The first-order valence-electron chi connectivity index (χ1n) is 10.1. The molecular formula is C23H31NO4. The quantitative estimate of drug-likeness (QED) is 0.576. The third-order valence-corrected chi connectivity index (χ3v) is 5.23. The summed E-state index contributed by atoms with van der Waals surface area (Å²) in [6.45, 7) is 9.20. The Bertz CT molecular complexity index is 783. The first kappa shape index (κ1) is 20.6. The zero-order chi connectivity index (χ0) is 19.9. The molecule has 1 heterocycles. The Kier molecular flexibility index (Phi) is 7.29. The highest BCUT2D eigenvalue weighted by Crippen LogP contribution is 2.28. The molecule has 1 saturated carbocycles. The van der Waals surface area contributed by atoms with Crippen LogP contribution in [0, 0.1) is 19.8 Å². The van der Waals surface area contributed by atoms with Crippen molar-refractivity contribution >= 4 is 0 Å². The Morgan fingerprint density at radius 3 is 2.96 bits per heavy atom. The zero-order valence-electron chi connectivity index (χ0n) is 16.9. The maximum absolute atomic E-state index is 9.16. The standard InChI is InChI=1S/C23H31NO4/c1-16-6-4-8-20(12-16)23-24-22(18(3)28-23)15-26-14-19-7-5-9-21(13-19)27-11-10-17(2)25/h4,6,8,12,19,21,25H,2,5,7,9-11,13-15H2,1,3H3/t19-,21?/m0/s1. The Labute approximate surface area is 167 Å². The van der Waals surface area contributed by atoms with Crippen LogP contribution in [0.2, 0.25) is 0 Å². The lowest BCUT2D eigenvalue weighted by Crippen LogP contribution is -2.26. The minimum absolute atomic E-state index is 0.184. The molecule has 1 N–H and O–H groups in total. The van der Waals surface area contributed by atoms with E-state index in [2.05, 4.69) is 30.6 Å². The van der Waals surface area contributed by atoms with Gasteiger partial charge in [-0.3, -0.25) is 0 Å². The van der Waals surface area contributed by atoms with Crippen molar-refractivity contribution in [1.82, 2.24) is 4.98 Å². The molecule has 1 unspecified atom stereocenters. The highest BCUT2D eigenvalue weighted by Gasteiger charge is 2.23. The summed E-state index contributed by atoms with van der Waals surface area (Å²) < 4.78 is 17.7. The normalized spacial score (nSPS) is 19.6. The van der Waals surface area contributed by atoms with Crippen LogP contribution in [0.25, 0.3) is 11.5 Å². The molecule has 1 aromatic carbocycles. The first-order chi connectivity index (χ1) is 13.5. The van der Waals surface area contributed by atoms with Crippen LogP contribution in [-0.2, 0) is 16.1 Å². The van der Waals surface area contributed by atoms with Crippen LogP contribution in [0.3, 0.4) is 0 Å². The van der Waals surface area contributed by atoms with Crippen molar-refractivity contribution < 1.29 is 19.0 Å². The summed E-state index contributed by atoms with van der Waals surface area (Å²) in [6, 6.07) is 8.16. The van der Waals surface area contributed by atoms with Gasteiger partial charge in [-0.15, -0.1) is 0 Å². The van der Waals surface area contributed by atoms with Crippen LogP contribution in [0.15, 0.2) is 41.0 Å². The Morgan fingerprint density at radius 2 is 2.18 bits per heavy atom. The lowest BCUT2D eigenvalue weighted by Gasteiger charge is -2.29. The number of aliphatic hydroxyl groups excluding tert-OH is 1. The molecule has 152 valence electrons. The van der Waals surface area contributed by atoms with Gasteiger partial charge in [-0.2, -0.15) is 0 Å².